The molecule has 168 valence electrons. The maximum absolute atomic E-state index is 13.1. The van der Waals surface area contributed by atoms with Gasteiger partial charge in [-0.15, -0.1) is 11.6 Å². The fraction of sp³-hybridized carbons (Fsp3) is 0.875. The van der Waals surface area contributed by atoms with E-state index in [1.807, 2.05) is 6.92 Å². The number of carbonyl (C=O) groups excluding carboxylic acids is 3. The third kappa shape index (κ3) is 2.94. The lowest BCUT2D eigenvalue weighted by Gasteiger charge is -2.62. The number of hydrogen-bond acceptors (Lipinski definition) is 5. The summed E-state index contributed by atoms with van der Waals surface area (Å²) in [6.45, 7) is 6.04. The van der Waals surface area contributed by atoms with Gasteiger partial charge in [0.15, 0.2) is 11.4 Å². The van der Waals surface area contributed by atoms with Crippen LogP contribution in [-0.2, 0) is 19.1 Å². The lowest BCUT2D eigenvalue weighted by Crippen LogP contribution is -2.64. The summed E-state index contributed by atoms with van der Waals surface area (Å²) in [7, 11) is 0. The van der Waals surface area contributed by atoms with Crippen LogP contribution in [0.2, 0.25) is 0 Å². The molecule has 4 rings (SSSR count). The summed E-state index contributed by atoms with van der Waals surface area (Å²) in [5.74, 6) is 0.504. The number of esters is 1. The van der Waals surface area contributed by atoms with Gasteiger partial charge in [0.25, 0.3) is 0 Å². The van der Waals surface area contributed by atoms with Gasteiger partial charge in [-0.05, 0) is 67.6 Å². The molecule has 0 aliphatic heterocycles. The van der Waals surface area contributed by atoms with Gasteiger partial charge in [0, 0.05) is 24.7 Å². The average molecular weight is 439 g/mol. The van der Waals surface area contributed by atoms with Gasteiger partial charge in [0.2, 0.25) is 0 Å². The summed E-state index contributed by atoms with van der Waals surface area (Å²) in [4.78, 5) is 37.5. The minimum atomic E-state index is -1.24. The minimum absolute atomic E-state index is 0.0422. The Morgan fingerprint density at radius 2 is 1.93 bits per heavy atom. The van der Waals surface area contributed by atoms with Gasteiger partial charge in [-0.2, -0.15) is 0 Å². The molecule has 0 aromatic heterocycles. The van der Waals surface area contributed by atoms with Crippen molar-refractivity contribution in [2.24, 2.45) is 34.5 Å². The Hall–Kier alpha value is -0.940. The molecule has 4 fully saturated rings. The van der Waals surface area contributed by atoms with Crippen LogP contribution < -0.4 is 0 Å². The van der Waals surface area contributed by atoms with E-state index in [1.165, 1.54) is 0 Å². The Morgan fingerprint density at radius 1 is 1.20 bits per heavy atom. The molecule has 0 spiro atoms. The quantitative estimate of drug-likeness (QED) is 0.528. The molecule has 30 heavy (non-hydrogen) atoms. The summed E-state index contributed by atoms with van der Waals surface area (Å²) in [5, 5.41) is 11.5. The molecule has 0 bridgehead atoms. The summed E-state index contributed by atoms with van der Waals surface area (Å²) in [5.41, 5.74) is -1.89. The van der Waals surface area contributed by atoms with E-state index in [1.54, 1.807) is 6.92 Å². The van der Waals surface area contributed by atoms with Gasteiger partial charge in [-0.3, -0.25) is 14.4 Å². The monoisotopic (exact) mass is 438 g/mol. The number of hydrogen-bond donors (Lipinski definition) is 1. The Kier molecular flexibility index (Phi) is 5.63. The Balaban J connectivity index is 1.72. The summed E-state index contributed by atoms with van der Waals surface area (Å²) >= 11 is 6.01. The van der Waals surface area contributed by atoms with Crippen LogP contribution in [-0.4, -0.2) is 40.2 Å². The number of halogens is 1. The van der Waals surface area contributed by atoms with Crippen molar-refractivity contribution in [1.82, 2.24) is 0 Å². The van der Waals surface area contributed by atoms with E-state index in [-0.39, 0.29) is 47.2 Å². The highest BCUT2D eigenvalue weighted by atomic mass is 35.5. The molecule has 0 aromatic carbocycles. The maximum atomic E-state index is 13.1. The van der Waals surface area contributed by atoms with Crippen LogP contribution in [0.3, 0.4) is 0 Å². The Bertz CT molecular complexity index is 752. The molecule has 1 N–H and O–H groups in total. The largest absolute Gasteiger partial charge is 0.450 e. The van der Waals surface area contributed by atoms with Crippen LogP contribution in [0.25, 0.3) is 0 Å². The summed E-state index contributed by atoms with van der Waals surface area (Å²) < 4.78 is 5.92. The Morgan fingerprint density at radius 3 is 2.60 bits per heavy atom. The zero-order valence-electron chi connectivity index (χ0n) is 18.4. The smallest absolute Gasteiger partial charge is 0.306 e. The highest BCUT2D eigenvalue weighted by Gasteiger charge is 2.70. The number of aliphatic hydroxyl groups is 1. The molecular weight excluding hydrogens is 404 g/mol. The highest BCUT2D eigenvalue weighted by molar-refractivity contribution is 6.29. The molecule has 0 saturated heterocycles. The van der Waals surface area contributed by atoms with Crippen LogP contribution in [0, 0.1) is 34.5 Å². The fourth-order valence-corrected chi connectivity index (χ4v) is 8.43. The number of alkyl halides is 1. The van der Waals surface area contributed by atoms with Crippen molar-refractivity contribution in [3.05, 3.63) is 0 Å². The number of rotatable bonds is 4. The lowest BCUT2D eigenvalue weighted by molar-refractivity contribution is -0.209. The number of fused-ring (bicyclic) bond motifs is 5. The van der Waals surface area contributed by atoms with Crippen molar-refractivity contribution in [2.45, 2.75) is 90.3 Å². The van der Waals surface area contributed by atoms with Crippen molar-refractivity contribution >= 4 is 29.1 Å². The first-order valence-corrected chi connectivity index (χ1v) is 12.2. The van der Waals surface area contributed by atoms with Gasteiger partial charge in [-0.1, -0.05) is 20.8 Å². The average Bonchev–Trinajstić information content (AvgIpc) is 3.00. The van der Waals surface area contributed by atoms with E-state index < -0.39 is 17.1 Å². The SMILES string of the molecule is CCC(=O)O[C@]1(C(=O)CCl)CC[C@H]2[C@@H]3CCC4CC(=O)CC[C@]4(C)[C@H]3C(O)C[C@@]21C. The molecule has 8 atom stereocenters. The van der Waals surface area contributed by atoms with Gasteiger partial charge in [0.1, 0.15) is 5.78 Å². The van der Waals surface area contributed by atoms with Crippen molar-refractivity contribution < 1.29 is 24.2 Å². The van der Waals surface area contributed by atoms with Crippen LogP contribution in [0.15, 0.2) is 0 Å². The molecular formula is C24H35ClO5. The molecule has 0 amide bonds. The van der Waals surface area contributed by atoms with Gasteiger partial charge in [-0.25, -0.2) is 0 Å². The van der Waals surface area contributed by atoms with E-state index >= 15 is 0 Å². The van der Waals surface area contributed by atoms with Crippen molar-refractivity contribution in [1.29, 1.82) is 0 Å². The number of carbonyl (C=O) groups is 3. The molecule has 0 radical (unpaired) electrons. The van der Waals surface area contributed by atoms with Gasteiger partial charge < -0.3 is 9.84 Å². The second-order valence-corrected chi connectivity index (χ2v) is 11.0. The van der Waals surface area contributed by atoms with E-state index in [0.29, 0.717) is 37.4 Å². The number of aliphatic hydroxyl groups excluding tert-OH is 1. The minimum Gasteiger partial charge on any atom is -0.450 e. The van der Waals surface area contributed by atoms with E-state index in [0.717, 1.165) is 25.7 Å². The number of ketones is 2. The molecule has 4 saturated carbocycles. The van der Waals surface area contributed by atoms with Crippen LogP contribution >= 0.6 is 11.6 Å². The molecule has 2 unspecified atom stereocenters. The predicted octanol–water partition coefficient (Wildman–Crippen LogP) is 4.07. The third-order valence-electron chi connectivity index (χ3n) is 9.68. The molecule has 4 aliphatic carbocycles. The van der Waals surface area contributed by atoms with Gasteiger partial charge in [0.05, 0.1) is 12.0 Å². The zero-order chi connectivity index (χ0) is 21.9. The maximum Gasteiger partial charge on any atom is 0.306 e. The first-order valence-electron chi connectivity index (χ1n) is 11.6. The fourth-order valence-electron chi connectivity index (χ4n) is 8.22. The van der Waals surface area contributed by atoms with Crippen molar-refractivity contribution in [3.8, 4) is 0 Å². The van der Waals surface area contributed by atoms with Crippen LogP contribution in [0.1, 0.15) is 78.6 Å². The number of Topliss-reactive ketones (excluding diaryl/α,β-unsaturated/α-hetero) is 2. The highest BCUT2D eigenvalue weighted by Crippen LogP contribution is 2.68. The normalized spacial score (nSPS) is 47.8. The predicted molar refractivity (Wildman–Crippen MR) is 113 cm³/mol. The first kappa shape index (κ1) is 22.3. The summed E-state index contributed by atoms with van der Waals surface area (Å²) in [6.07, 6.45) is 5.41. The van der Waals surface area contributed by atoms with Crippen LogP contribution in [0.4, 0.5) is 0 Å². The molecule has 6 heteroatoms. The summed E-state index contributed by atoms with van der Waals surface area (Å²) in [6, 6.07) is 0. The van der Waals surface area contributed by atoms with Crippen molar-refractivity contribution in [3.63, 3.8) is 0 Å². The first-order chi connectivity index (χ1) is 14.1. The Labute approximate surface area is 184 Å². The lowest BCUT2D eigenvalue weighted by atomic mass is 9.43. The molecule has 0 aromatic rings. The topological polar surface area (TPSA) is 80.7 Å². The third-order valence-corrected chi connectivity index (χ3v) is 9.92. The zero-order valence-corrected chi connectivity index (χ0v) is 19.2. The molecule has 4 aliphatic rings. The van der Waals surface area contributed by atoms with Crippen LogP contribution in [0.5, 0.6) is 0 Å². The molecule has 5 nitrogen and oxygen atoms in total. The second kappa shape index (κ2) is 7.58. The van der Waals surface area contributed by atoms with E-state index in [2.05, 4.69) is 6.92 Å². The van der Waals surface area contributed by atoms with Crippen molar-refractivity contribution in [2.75, 3.05) is 5.88 Å². The standard InChI is InChI=1S/C24H35ClO5/c1-4-20(29)30-24(19(28)13-25)10-8-17-16-6-5-14-11-15(26)7-9-22(14,2)21(16)18(27)12-23(17,24)3/h14,16-18,21,27H,4-13H2,1-3H3/t14?,16-,17-,18?,21+,22-,23-,24-/m0/s1. The van der Waals surface area contributed by atoms with Gasteiger partial charge >= 0.3 is 5.97 Å². The second-order valence-electron chi connectivity index (χ2n) is 10.8. The van der Waals surface area contributed by atoms with E-state index in [9.17, 15) is 19.5 Å². The number of ether oxygens (including phenoxy) is 1. The van der Waals surface area contributed by atoms with E-state index in [4.69, 9.17) is 16.3 Å². The molecule has 0 heterocycles.